The second-order valence-electron chi connectivity index (χ2n) is 2.31. The third-order valence-electron chi connectivity index (χ3n) is 1.10. The third-order valence-corrected chi connectivity index (χ3v) is 1.10. The lowest BCUT2D eigenvalue weighted by molar-refractivity contribution is -0.349. The van der Waals surface area contributed by atoms with Crippen LogP contribution in [-0.2, 0) is 0 Å². The van der Waals surface area contributed by atoms with Crippen molar-refractivity contribution >= 4 is 13.1 Å². The Bertz CT molecular complexity index is 245. The summed E-state index contributed by atoms with van der Waals surface area (Å²) < 4.78 is 1.64. The first kappa shape index (κ1) is 10.6. The molecule has 0 saturated carbocycles. The minimum Gasteiger partial charge on any atom is -0.247 e. The Kier molecular flexibility index (Phi) is 5.53. The first-order chi connectivity index (χ1) is 5.70. The van der Waals surface area contributed by atoms with Crippen molar-refractivity contribution < 1.29 is 4.58 Å². The van der Waals surface area contributed by atoms with Crippen LogP contribution in [0, 0.1) is 0 Å². The molecular weight excluding hydrogens is 148 g/mol. The second kappa shape index (κ2) is 6.28. The molecule has 0 bridgehead atoms. The van der Waals surface area contributed by atoms with E-state index in [4.69, 9.17) is 0 Å². The summed E-state index contributed by atoms with van der Waals surface area (Å²) in [5, 5.41) is 0. The summed E-state index contributed by atoms with van der Waals surface area (Å²) in [5.74, 6) is 0. The van der Waals surface area contributed by atoms with Gasteiger partial charge in [-0.25, -0.2) is 4.58 Å². The molecule has 0 rings (SSSR count). The minimum absolute atomic E-state index is 0.894. The molecule has 0 fully saturated rings. The highest BCUT2D eigenvalue weighted by Gasteiger charge is 1.91. The Hall–Kier alpha value is -1.44. The van der Waals surface area contributed by atoms with E-state index >= 15 is 0 Å². The first-order valence-electron chi connectivity index (χ1n) is 3.73. The zero-order chi connectivity index (χ0) is 9.40. The fraction of sp³-hybridized carbons (Fsp3) is 0.200. The van der Waals surface area contributed by atoms with Crippen molar-refractivity contribution in [1.82, 2.24) is 0 Å². The quantitative estimate of drug-likeness (QED) is 0.261. The maximum atomic E-state index is 4.14. The molecule has 0 spiro atoms. The van der Waals surface area contributed by atoms with Crippen LogP contribution in [0.1, 0.15) is 6.92 Å². The molecule has 12 heavy (non-hydrogen) atoms. The van der Waals surface area contributed by atoms with E-state index in [-0.39, 0.29) is 0 Å². The van der Waals surface area contributed by atoms with Crippen LogP contribution in [0.2, 0.25) is 0 Å². The van der Waals surface area contributed by atoms with Crippen LogP contribution in [-0.4, -0.2) is 24.7 Å². The summed E-state index contributed by atoms with van der Waals surface area (Å²) in [5.41, 5.74) is 0.894. The molecule has 0 aliphatic carbocycles. The van der Waals surface area contributed by atoms with E-state index in [1.807, 2.05) is 32.2 Å². The molecule has 0 unspecified atom stereocenters. The van der Waals surface area contributed by atoms with E-state index in [1.165, 1.54) is 0 Å². The van der Waals surface area contributed by atoms with Crippen LogP contribution in [0.25, 0.3) is 0 Å². The Balaban J connectivity index is 4.29. The summed E-state index contributed by atoms with van der Waals surface area (Å²) >= 11 is 0. The molecule has 0 atom stereocenters. The first-order valence-corrected chi connectivity index (χ1v) is 3.73. The minimum atomic E-state index is 0.894. The van der Waals surface area contributed by atoms with E-state index in [2.05, 4.69) is 18.3 Å². The molecule has 0 aromatic rings. The smallest absolute Gasteiger partial charge is 0.247 e. The second-order valence-corrected chi connectivity index (χ2v) is 2.31. The maximum absolute atomic E-state index is 4.14. The van der Waals surface area contributed by atoms with Gasteiger partial charge in [0.25, 0.3) is 6.34 Å². The largest absolute Gasteiger partial charge is 0.286 e. The van der Waals surface area contributed by atoms with Gasteiger partial charge < -0.3 is 0 Å². The average molecular weight is 163 g/mol. The fourth-order valence-corrected chi connectivity index (χ4v) is 0.546. The standard InChI is InChI=1S/C10H15N2/c1-5-7-8-10(6-2)11-9-12(3)4/h5-9H,1,3H2,2,4H3/q+1/b8-7-,10-6-,11-9?. The lowest BCUT2D eigenvalue weighted by atomic mass is 10.3. The van der Waals surface area contributed by atoms with Gasteiger partial charge in [0.15, 0.2) is 5.70 Å². The summed E-state index contributed by atoms with van der Waals surface area (Å²) in [6.45, 7) is 9.14. The van der Waals surface area contributed by atoms with Crippen LogP contribution < -0.4 is 0 Å². The molecule has 0 aromatic carbocycles. The fourth-order valence-electron chi connectivity index (χ4n) is 0.546. The van der Waals surface area contributed by atoms with E-state index in [1.54, 1.807) is 17.0 Å². The lowest BCUT2D eigenvalue weighted by Crippen LogP contribution is -1.96. The predicted molar refractivity (Wildman–Crippen MR) is 54.9 cm³/mol. The SMILES string of the molecule is C=C/C=C\C(=C\C)N=C[N+](=C)C. The number of hydrogen-bond donors (Lipinski definition) is 0. The van der Waals surface area contributed by atoms with Crippen molar-refractivity contribution in [2.45, 2.75) is 6.92 Å². The van der Waals surface area contributed by atoms with Gasteiger partial charge in [-0.15, -0.1) is 0 Å². The normalized spacial score (nSPS) is 12.7. The highest BCUT2D eigenvalue weighted by molar-refractivity contribution is 5.50. The summed E-state index contributed by atoms with van der Waals surface area (Å²) in [6, 6.07) is 0. The summed E-state index contributed by atoms with van der Waals surface area (Å²) in [7, 11) is 1.83. The van der Waals surface area contributed by atoms with E-state index in [0.29, 0.717) is 0 Å². The van der Waals surface area contributed by atoms with Crippen molar-refractivity contribution in [2.75, 3.05) is 7.05 Å². The van der Waals surface area contributed by atoms with Gasteiger partial charge in [-0.1, -0.05) is 18.7 Å². The number of nitrogens with zero attached hydrogens (tertiary/aromatic N) is 2. The van der Waals surface area contributed by atoms with Crippen LogP contribution in [0.5, 0.6) is 0 Å². The van der Waals surface area contributed by atoms with Gasteiger partial charge in [0.05, 0.1) is 13.8 Å². The molecule has 64 valence electrons. The van der Waals surface area contributed by atoms with E-state index in [0.717, 1.165) is 5.70 Å². The van der Waals surface area contributed by atoms with Crippen molar-refractivity contribution in [3.8, 4) is 0 Å². The monoisotopic (exact) mass is 163 g/mol. The Morgan fingerprint density at radius 3 is 2.58 bits per heavy atom. The zero-order valence-corrected chi connectivity index (χ0v) is 7.70. The van der Waals surface area contributed by atoms with Gasteiger partial charge in [-0.05, 0) is 24.1 Å². The van der Waals surface area contributed by atoms with Crippen LogP contribution >= 0.6 is 0 Å². The summed E-state index contributed by atoms with van der Waals surface area (Å²) in [6.07, 6.45) is 9.01. The van der Waals surface area contributed by atoms with Gasteiger partial charge in [0.1, 0.15) is 0 Å². The molecule has 2 heteroatoms. The number of aliphatic imine (C=N–C) groups is 1. The average Bonchev–Trinajstić information content (AvgIpc) is 2.05. The van der Waals surface area contributed by atoms with E-state index in [9.17, 15) is 0 Å². The van der Waals surface area contributed by atoms with Crippen LogP contribution in [0.3, 0.4) is 0 Å². The lowest BCUT2D eigenvalue weighted by Gasteiger charge is -1.82. The van der Waals surface area contributed by atoms with Gasteiger partial charge in [-0.2, -0.15) is 0 Å². The third kappa shape index (κ3) is 5.35. The van der Waals surface area contributed by atoms with Gasteiger partial charge in [0.2, 0.25) is 0 Å². The van der Waals surface area contributed by atoms with Crippen molar-refractivity contribution in [1.29, 1.82) is 0 Å². The molecular formula is C10H15N2+. The molecule has 2 nitrogen and oxygen atoms in total. The summed E-state index contributed by atoms with van der Waals surface area (Å²) in [4.78, 5) is 4.14. The van der Waals surface area contributed by atoms with E-state index < -0.39 is 0 Å². The number of rotatable bonds is 4. The highest BCUT2D eigenvalue weighted by atomic mass is 15.0. The van der Waals surface area contributed by atoms with Crippen LogP contribution in [0.15, 0.2) is 41.6 Å². The van der Waals surface area contributed by atoms with Crippen LogP contribution in [0.4, 0.5) is 0 Å². The van der Waals surface area contributed by atoms with Crippen molar-refractivity contribution in [3.05, 3.63) is 36.6 Å². The molecule has 0 saturated heterocycles. The molecule has 0 aliphatic heterocycles. The van der Waals surface area contributed by atoms with Crippen molar-refractivity contribution in [2.24, 2.45) is 4.99 Å². The maximum Gasteiger partial charge on any atom is 0.286 e. The van der Waals surface area contributed by atoms with Gasteiger partial charge in [0, 0.05) is 0 Å². The van der Waals surface area contributed by atoms with Gasteiger partial charge in [-0.3, -0.25) is 0 Å². The topological polar surface area (TPSA) is 15.4 Å². The predicted octanol–water partition coefficient (Wildman–Crippen LogP) is 2.00. The number of allylic oxidation sites excluding steroid dienone is 4. The van der Waals surface area contributed by atoms with Gasteiger partial charge >= 0.3 is 0 Å². The zero-order valence-electron chi connectivity index (χ0n) is 7.70. The molecule has 0 amide bonds. The Morgan fingerprint density at radius 2 is 2.17 bits per heavy atom. The number of hydrogen-bond acceptors (Lipinski definition) is 1. The Morgan fingerprint density at radius 1 is 1.50 bits per heavy atom. The van der Waals surface area contributed by atoms with Crippen molar-refractivity contribution in [3.63, 3.8) is 0 Å². The molecule has 0 N–H and O–H groups in total. The Labute approximate surface area is 74.0 Å². The molecule has 0 radical (unpaired) electrons. The molecule has 0 aromatic heterocycles. The highest BCUT2D eigenvalue weighted by Crippen LogP contribution is 1.97. The molecule has 0 aliphatic rings. The molecule has 0 heterocycles.